The van der Waals surface area contributed by atoms with E-state index in [2.05, 4.69) is 9.97 Å². The molecule has 0 aliphatic carbocycles. The fourth-order valence-electron chi connectivity index (χ4n) is 3.21. The minimum Gasteiger partial charge on any atom is -0.487 e. The minimum absolute atomic E-state index is 0.181. The molecule has 0 radical (unpaired) electrons. The van der Waals surface area contributed by atoms with Crippen LogP contribution in [0.2, 0.25) is 0 Å². The summed E-state index contributed by atoms with van der Waals surface area (Å²) in [6, 6.07) is 10.8. The molecule has 0 spiro atoms. The van der Waals surface area contributed by atoms with E-state index in [1.54, 1.807) is 36.8 Å². The van der Waals surface area contributed by atoms with Crippen LogP contribution in [0.4, 0.5) is 0 Å². The lowest BCUT2D eigenvalue weighted by molar-refractivity contribution is 0.214. The Morgan fingerprint density at radius 2 is 2.08 bits per heavy atom. The number of hydrogen-bond donors (Lipinski definition) is 0. The molecule has 0 N–H and O–H groups in total. The molecule has 1 aliphatic rings. The van der Waals surface area contributed by atoms with E-state index in [0.717, 1.165) is 10.9 Å². The van der Waals surface area contributed by atoms with Crippen molar-refractivity contribution in [1.82, 2.24) is 14.3 Å². The summed E-state index contributed by atoms with van der Waals surface area (Å²) in [5.41, 5.74) is 1.51. The second-order valence-electron chi connectivity index (χ2n) is 6.42. The van der Waals surface area contributed by atoms with Crippen LogP contribution in [-0.4, -0.2) is 41.9 Å². The van der Waals surface area contributed by atoms with Crippen molar-refractivity contribution in [3.05, 3.63) is 60.6 Å². The number of hydrogen-bond acceptors (Lipinski definition) is 5. The Balaban J connectivity index is 1.60. The summed E-state index contributed by atoms with van der Waals surface area (Å²) in [5.74, 6) is 0.652. The molecule has 1 unspecified atom stereocenters. The average Bonchev–Trinajstić information content (AvgIpc) is 3.11. The summed E-state index contributed by atoms with van der Waals surface area (Å²) in [5, 5.41) is 0.827. The number of aryl methyl sites for hydroxylation is 1. The van der Waals surface area contributed by atoms with E-state index in [1.807, 2.05) is 25.1 Å². The quantitative estimate of drug-likeness (QED) is 0.707. The number of benzene rings is 1. The Labute approximate surface area is 152 Å². The first-order valence-corrected chi connectivity index (χ1v) is 9.90. The molecule has 26 heavy (non-hydrogen) atoms. The van der Waals surface area contributed by atoms with E-state index in [1.165, 1.54) is 4.31 Å². The third-order valence-corrected chi connectivity index (χ3v) is 6.37. The van der Waals surface area contributed by atoms with Crippen LogP contribution >= 0.6 is 0 Å². The maximum Gasteiger partial charge on any atom is 0.245 e. The molecule has 0 bridgehead atoms. The van der Waals surface area contributed by atoms with Gasteiger partial charge in [-0.1, -0.05) is 12.1 Å². The molecule has 2 aromatic heterocycles. The van der Waals surface area contributed by atoms with Gasteiger partial charge in [-0.05, 0) is 43.2 Å². The zero-order valence-corrected chi connectivity index (χ0v) is 15.2. The first-order valence-electron chi connectivity index (χ1n) is 8.46. The molecule has 0 saturated carbocycles. The standard InChI is InChI=1S/C19H19N3O3S/c1-14-10-15-4-2-6-18(19(15)21-11-14)26(23,24)22-9-7-17(13-22)25-16-5-3-8-20-12-16/h2-6,8,10-12,17H,7,9,13H2,1H3. The van der Waals surface area contributed by atoms with E-state index in [4.69, 9.17) is 4.74 Å². The molecule has 134 valence electrons. The topological polar surface area (TPSA) is 72.4 Å². The Morgan fingerprint density at radius 1 is 1.19 bits per heavy atom. The molecule has 1 saturated heterocycles. The molecule has 0 amide bonds. The van der Waals surface area contributed by atoms with Gasteiger partial charge in [0.1, 0.15) is 16.7 Å². The third kappa shape index (κ3) is 3.15. The lowest BCUT2D eigenvalue weighted by atomic mass is 10.2. The van der Waals surface area contributed by atoms with E-state index in [9.17, 15) is 8.42 Å². The fourth-order valence-corrected chi connectivity index (χ4v) is 4.86. The third-order valence-electron chi connectivity index (χ3n) is 4.47. The SMILES string of the molecule is Cc1cnc2c(S(=O)(=O)N3CCC(Oc4cccnc4)C3)cccc2c1. The van der Waals surface area contributed by atoms with Crippen LogP contribution in [0.5, 0.6) is 5.75 Å². The molecule has 7 heteroatoms. The second kappa shape index (κ2) is 6.66. The van der Waals surface area contributed by atoms with Crippen molar-refractivity contribution in [3.63, 3.8) is 0 Å². The Morgan fingerprint density at radius 3 is 2.88 bits per heavy atom. The van der Waals surface area contributed by atoms with Crippen LogP contribution in [0.1, 0.15) is 12.0 Å². The summed E-state index contributed by atoms with van der Waals surface area (Å²) in [4.78, 5) is 8.63. The molecule has 1 aromatic carbocycles. The normalized spacial score (nSPS) is 18.3. The Kier molecular flexibility index (Phi) is 4.34. The highest BCUT2D eigenvalue weighted by atomic mass is 32.2. The predicted octanol–water partition coefficient (Wildman–Crippen LogP) is 2.78. The predicted molar refractivity (Wildman–Crippen MR) is 98.5 cm³/mol. The summed E-state index contributed by atoms with van der Waals surface area (Å²) >= 11 is 0. The molecule has 6 nitrogen and oxygen atoms in total. The highest BCUT2D eigenvalue weighted by Crippen LogP contribution is 2.28. The largest absolute Gasteiger partial charge is 0.487 e. The van der Waals surface area contributed by atoms with Gasteiger partial charge in [0.15, 0.2) is 0 Å². The maximum absolute atomic E-state index is 13.1. The molecule has 1 aliphatic heterocycles. The molecular weight excluding hydrogens is 350 g/mol. The van der Waals surface area contributed by atoms with Crippen LogP contribution < -0.4 is 4.74 Å². The lowest BCUT2D eigenvalue weighted by Crippen LogP contribution is -2.31. The fraction of sp³-hybridized carbons (Fsp3) is 0.263. The summed E-state index contributed by atoms with van der Waals surface area (Å²) in [7, 11) is -3.63. The monoisotopic (exact) mass is 369 g/mol. The van der Waals surface area contributed by atoms with Gasteiger partial charge < -0.3 is 4.74 Å². The van der Waals surface area contributed by atoms with Crippen molar-refractivity contribution in [1.29, 1.82) is 0 Å². The van der Waals surface area contributed by atoms with Gasteiger partial charge in [0.25, 0.3) is 0 Å². The minimum atomic E-state index is -3.63. The van der Waals surface area contributed by atoms with E-state index < -0.39 is 10.0 Å². The smallest absolute Gasteiger partial charge is 0.245 e. The molecule has 4 rings (SSSR count). The summed E-state index contributed by atoms with van der Waals surface area (Å²) in [6.45, 7) is 2.68. The maximum atomic E-state index is 13.1. The van der Waals surface area contributed by atoms with Crippen LogP contribution in [0.25, 0.3) is 10.9 Å². The molecular formula is C19H19N3O3S. The van der Waals surface area contributed by atoms with Crippen molar-refractivity contribution in [2.75, 3.05) is 13.1 Å². The number of aromatic nitrogens is 2. The zero-order valence-electron chi connectivity index (χ0n) is 14.4. The summed E-state index contributed by atoms with van der Waals surface area (Å²) in [6.07, 6.45) is 5.46. The number of ether oxygens (including phenoxy) is 1. The number of rotatable bonds is 4. The van der Waals surface area contributed by atoms with Crippen molar-refractivity contribution < 1.29 is 13.2 Å². The van der Waals surface area contributed by atoms with Gasteiger partial charge in [0.2, 0.25) is 10.0 Å². The van der Waals surface area contributed by atoms with Gasteiger partial charge in [-0.2, -0.15) is 4.31 Å². The van der Waals surface area contributed by atoms with Gasteiger partial charge in [-0.3, -0.25) is 9.97 Å². The number of sulfonamides is 1. The van der Waals surface area contributed by atoms with Gasteiger partial charge >= 0.3 is 0 Å². The van der Waals surface area contributed by atoms with E-state index >= 15 is 0 Å². The van der Waals surface area contributed by atoms with Crippen molar-refractivity contribution in [3.8, 4) is 5.75 Å². The lowest BCUT2D eigenvalue weighted by Gasteiger charge is -2.18. The highest BCUT2D eigenvalue weighted by Gasteiger charge is 2.34. The average molecular weight is 369 g/mol. The molecule has 1 atom stereocenters. The van der Waals surface area contributed by atoms with Crippen molar-refractivity contribution in [2.24, 2.45) is 0 Å². The number of fused-ring (bicyclic) bond motifs is 1. The number of pyridine rings is 2. The van der Waals surface area contributed by atoms with Gasteiger partial charge in [0.05, 0.1) is 18.3 Å². The van der Waals surface area contributed by atoms with Crippen molar-refractivity contribution >= 4 is 20.9 Å². The Hall–Kier alpha value is -2.51. The first kappa shape index (κ1) is 16.9. The van der Waals surface area contributed by atoms with Crippen LogP contribution in [0.3, 0.4) is 0 Å². The van der Waals surface area contributed by atoms with Crippen LogP contribution in [-0.2, 0) is 10.0 Å². The van der Waals surface area contributed by atoms with Crippen LogP contribution in [0.15, 0.2) is 59.9 Å². The highest BCUT2D eigenvalue weighted by molar-refractivity contribution is 7.89. The summed E-state index contributed by atoms with van der Waals surface area (Å²) < 4.78 is 33.6. The number of nitrogens with zero attached hydrogens (tertiary/aromatic N) is 3. The van der Waals surface area contributed by atoms with Crippen LogP contribution in [0, 0.1) is 6.92 Å². The first-order chi connectivity index (χ1) is 12.5. The molecule has 1 fully saturated rings. The van der Waals surface area contributed by atoms with Gasteiger partial charge in [0, 0.05) is 24.3 Å². The van der Waals surface area contributed by atoms with Gasteiger partial charge in [-0.15, -0.1) is 0 Å². The van der Waals surface area contributed by atoms with E-state index in [0.29, 0.717) is 30.8 Å². The van der Waals surface area contributed by atoms with Gasteiger partial charge in [-0.25, -0.2) is 8.42 Å². The number of para-hydroxylation sites is 1. The van der Waals surface area contributed by atoms with E-state index in [-0.39, 0.29) is 11.0 Å². The Bertz CT molecular complexity index is 1040. The molecule has 3 heterocycles. The molecule has 3 aromatic rings. The zero-order chi connectivity index (χ0) is 18.1. The second-order valence-corrected chi connectivity index (χ2v) is 8.33. The van der Waals surface area contributed by atoms with Crippen molar-refractivity contribution in [2.45, 2.75) is 24.3 Å².